The van der Waals surface area contributed by atoms with E-state index < -0.39 is 11.8 Å². The summed E-state index contributed by atoms with van der Waals surface area (Å²) in [5.41, 5.74) is 0.880. The topological polar surface area (TPSA) is 72.8 Å². The van der Waals surface area contributed by atoms with Crippen molar-refractivity contribution in [1.29, 1.82) is 0 Å². The largest absolute Gasteiger partial charge is 0.486 e. The van der Waals surface area contributed by atoms with E-state index >= 15 is 0 Å². The summed E-state index contributed by atoms with van der Waals surface area (Å²) in [6.45, 7) is 0.914. The zero-order valence-electron chi connectivity index (χ0n) is 13.6. The molecule has 0 unspecified atom stereocenters. The molecule has 3 rings (SSSR count). The summed E-state index contributed by atoms with van der Waals surface area (Å²) < 4.78 is 25.1. The molecule has 1 heterocycles. The predicted octanol–water partition coefficient (Wildman–Crippen LogP) is 3.67. The highest BCUT2D eigenvalue weighted by molar-refractivity contribution is 8.00. The zero-order chi connectivity index (χ0) is 18.5. The molecule has 7 heteroatoms. The normalized spacial score (nSPS) is 13.0. The number of hydrogen-bond acceptors (Lipinski definition) is 5. The Morgan fingerprint density at radius 3 is 2.77 bits per heavy atom. The van der Waals surface area contributed by atoms with Gasteiger partial charge in [0.25, 0.3) is 0 Å². The number of ketones is 1. The Morgan fingerprint density at radius 2 is 2.00 bits per heavy atom. The molecule has 5 nitrogen and oxygen atoms in total. The van der Waals surface area contributed by atoms with Crippen LogP contribution in [0.4, 0.5) is 4.39 Å². The first kappa shape index (κ1) is 18.0. The fourth-order valence-corrected chi connectivity index (χ4v) is 3.04. The van der Waals surface area contributed by atoms with Gasteiger partial charge in [-0.3, -0.25) is 9.59 Å². The van der Waals surface area contributed by atoms with E-state index in [0.717, 1.165) is 17.8 Å². The first-order valence-corrected chi connectivity index (χ1v) is 8.78. The second-order valence-corrected chi connectivity index (χ2v) is 6.41. The summed E-state index contributed by atoms with van der Waals surface area (Å²) in [6.07, 6.45) is 2.94. The summed E-state index contributed by atoms with van der Waals surface area (Å²) in [5.74, 6) is -1.07. The van der Waals surface area contributed by atoms with Crippen molar-refractivity contribution in [3.05, 3.63) is 59.4 Å². The average molecular weight is 374 g/mol. The van der Waals surface area contributed by atoms with Gasteiger partial charge >= 0.3 is 5.97 Å². The number of carbonyl (C=O) groups is 2. The van der Waals surface area contributed by atoms with Gasteiger partial charge in [0.05, 0.1) is 5.75 Å². The molecule has 1 N–H and O–H groups in total. The molecule has 0 bridgehead atoms. The predicted molar refractivity (Wildman–Crippen MR) is 95.6 cm³/mol. The van der Waals surface area contributed by atoms with Gasteiger partial charge in [0.1, 0.15) is 19.0 Å². The Labute approximate surface area is 153 Å². The Balaban J connectivity index is 1.75. The first-order valence-electron chi connectivity index (χ1n) is 7.80. The number of carbonyl (C=O) groups excluding carboxylic acids is 1. The summed E-state index contributed by atoms with van der Waals surface area (Å²) in [5, 5.41) is 8.65. The number of thioether (sulfide) groups is 1. The standard InChI is InChI=1S/C19H15FO5S/c20-14-10-13(5-7-17(14)26-11-18(22)23)15(21)6-4-12-2-1-3-16-19(12)25-9-8-24-16/h1-7,10H,8-9,11H2,(H,22,23)/b6-4+. The number of benzene rings is 2. The average Bonchev–Trinajstić information content (AvgIpc) is 2.64. The molecule has 0 amide bonds. The van der Waals surface area contributed by atoms with Crippen LogP contribution in [0.25, 0.3) is 6.08 Å². The van der Waals surface area contributed by atoms with Gasteiger partial charge in [-0.05, 0) is 36.4 Å². The van der Waals surface area contributed by atoms with Gasteiger partial charge in [-0.15, -0.1) is 11.8 Å². The number of allylic oxidation sites excluding steroid dienone is 1. The van der Waals surface area contributed by atoms with Crippen LogP contribution in [0.3, 0.4) is 0 Å². The lowest BCUT2D eigenvalue weighted by Gasteiger charge is -2.19. The van der Waals surface area contributed by atoms with Crippen LogP contribution in [0.1, 0.15) is 15.9 Å². The van der Waals surface area contributed by atoms with Crippen molar-refractivity contribution in [1.82, 2.24) is 0 Å². The minimum Gasteiger partial charge on any atom is -0.486 e. The van der Waals surface area contributed by atoms with E-state index in [4.69, 9.17) is 14.6 Å². The molecule has 26 heavy (non-hydrogen) atoms. The summed E-state index contributed by atoms with van der Waals surface area (Å²) in [6, 6.07) is 9.37. The quantitative estimate of drug-likeness (QED) is 0.473. The maximum atomic E-state index is 14.0. The number of aliphatic carboxylic acids is 1. The molecule has 0 aliphatic carbocycles. The molecular weight excluding hydrogens is 359 g/mol. The Hall–Kier alpha value is -2.80. The molecule has 0 saturated heterocycles. The lowest BCUT2D eigenvalue weighted by Crippen LogP contribution is -2.15. The van der Waals surface area contributed by atoms with Gasteiger partial charge in [0, 0.05) is 16.0 Å². The van der Waals surface area contributed by atoms with Crippen molar-refractivity contribution in [2.75, 3.05) is 19.0 Å². The van der Waals surface area contributed by atoms with Crippen LogP contribution >= 0.6 is 11.8 Å². The number of para-hydroxylation sites is 1. The number of fused-ring (bicyclic) bond motifs is 1. The lowest BCUT2D eigenvalue weighted by atomic mass is 10.1. The minimum atomic E-state index is -1.03. The van der Waals surface area contributed by atoms with E-state index in [1.807, 2.05) is 0 Å². The second kappa shape index (κ2) is 8.05. The fourth-order valence-electron chi connectivity index (χ4n) is 2.40. The van der Waals surface area contributed by atoms with Crippen molar-refractivity contribution < 1.29 is 28.6 Å². The van der Waals surface area contributed by atoms with Crippen molar-refractivity contribution in [3.63, 3.8) is 0 Å². The Bertz CT molecular complexity index is 878. The lowest BCUT2D eigenvalue weighted by molar-refractivity contribution is -0.133. The summed E-state index contributed by atoms with van der Waals surface area (Å²) in [4.78, 5) is 23.0. The van der Waals surface area contributed by atoms with Crippen LogP contribution in [0.2, 0.25) is 0 Å². The van der Waals surface area contributed by atoms with Gasteiger partial charge in [-0.2, -0.15) is 0 Å². The summed E-state index contributed by atoms with van der Waals surface area (Å²) >= 11 is 0.867. The smallest absolute Gasteiger partial charge is 0.313 e. The molecule has 0 aromatic heterocycles. The van der Waals surface area contributed by atoms with Gasteiger partial charge in [0.15, 0.2) is 17.3 Å². The van der Waals surface area contributed by atoms with Crippen LogP contribution in [0.15, 0.2) is 47.4 Å². The van der Waals surface area contributed by atoms with Crippen molar-refractivity contribution >= 4 is 29.6 Å². The zero-order valence-corrected chi connectivity index (χ0v) is 14.4. The monoisotopic (exact) mass is 374 g/mol. The molecule has 2 aromatic carbocycles. The number of ether oxygens (including phenoxy) is 2. The first-order chi connectivity index (χ1) is 12.5. The molecule has 0 fully saturated rings. The van der Waals surface area contributed by atoms with Crippen molar-refractivity contribution in [2.24, 2.45) is 0 Å². The second-order valence-electron chi connectivity index (χ2n) is 5.40. The summed E-state index contributed by atoms with van der Waals surface area (Å²) in [7, 11) is 0. The number of halogens is 1. The third kappa shape index (κ3) is 4.23. The van der Waals surface area contributed by atoms with Crippen LogP contribution in [-0.4, -0.2) is 35.8 Å². The highest BCUT2D eigenvalue weighted by Gasteiger charge is 2.14. The van der Waals surface area contributed by atoms with Crippen molar-refractivity contribution in [2.45, 2.75) is 4.90 Å². The molecule has 0 saturated carbocycles. The van der Waals surface area contributed by atoms with Gasteiger partial charge < -0.3 is 14.6 Å². The van der Waals surface area contributed by atoms with Gasteiger partial charge in [0.2, 0.25) is 0 Å². The fraction of sp³-hybridized carbons (Fsp3) is 0.158. The molecule has 1 aliphatic heterocycles. The third-order valence-corrected chi connectivity index (χ3v) is 4.61. The van der Waals surface area contributed by atoms with Crippen LogP contribution in [0.5, 0.6) is 11.5 Å². The van der Waals surface area contributed by atoms with E-state index in [1.165, 1.54) is 18.2 Å². The number of carboxylic acids is 1. The highest BCUT2D eigenvalue weighted by Crippen LogP contribution is 2.34. The minimum absolute atomic E-state index is 0.181. The van der Waals surface area contributed by atoms with Gasteiger partial charge in [-0.25, -0.2) is 4.39 Å². The number of rotatable bonds is 6. The molecule has 0 atom stereocenters. The van der Waals surface area contributed by atoms with Crippen LogP contribution in [0, 0.1) is 5.82 Å². The molecule has 0 radical (unpaired) electrons. The van der Waals surface area contributed by atoms with Crippen LogP contribution in [-0.2, 0) is 4.79 Å². The maximum absolute atomic E-state index is 14.0. The van der Waals surface area contributed by atoms with E-state index in [1.54, 1.807) is 24.3 Å². The maximum Gasteiger partial charge on any atom is 0.313 e. The number of hydrogen-bond donors (Lipinski definition) is 1. The van der Waals surface area contributed by atoms with E-state index in [0.29, 0.717) is 30.3 Å². The van der Waals surface area contributed by atoms with Crippen molar-refractivity contribution in [3.8, 4) is 11.5 Å². The van der Waals surface area contributed by atoms with Gasteiger partial charge in [-0.1, -0.05) is 12.1 Å². The molecule has 1 aliphatic rings. The third-order valence-electron chi connectivity index (χ3n) is 3.58. The molecular formula is C19H15FO5S. The molecule has 0 spiro atoms. The van der Waals surface area contributed by atoms with E-state index in [2.05, 4.69) is 0 Å². The van der Waals surface area contributed by atoms with E-state index in [9.17, 15) is 14.0 Å². The van der Waals surface area contributed by atoms with E-state index in [-0.39, 0.29) is 22.0 Å². The Kier molecular flexibility index (Phi) is 5.58. The SMILES string of the molecule is O=C(O)CSc1ccc(C(=O)/C=C/c2cccc3c2OCCO3)cc1F. The Morgan fingerprint density at radius 1 is 1.19 bits per heavy atom. The molecule has 2 aromatic rings. The number of carboxylic acid groups (broad SMARTS) is 1. The van der Waals surface area contributed by atoms with Crippen LogP contribution < -0.4 is 9.47 Å². The molecule has 134 valence electrons. The highest BCUT2D eigenvalue weighted by atomic mass is 32.2.